The molecular formula is C19H22N4O6. The maximum atomic E-state index is 12.3. The van der Waals surface area contributed by atoms with Crippen molar-refractivity contribution in [3.05, 3.63) is 58.1 Å². The van der Waals surface area contributed by atoms with Crippen LogP contribution in [0.5, 0.6) is 0 Å². The number of ether oxygens (including phenoxy) is 1. The molecule has 10 heteroatoms. The van der Waals surface area contributed by atoms with Crippen molar-refractivity contribution in [1.82, 2.24) is 0 Å². The molecule has 0 heterocycles. The molecule has 0 spiro atoms. The van der Waals surface area contributed by atoms with Gasteiger partial charge in [0, 0.05) is 49.8 Å². The van der Waals surface area contributed by atoms with Crippen molar-refractivity contribution in [3.63, 3.8) is 0 Å². The van der Waals surface area contributed by atoms with Crippen LogP contribution in [0.15, 0.2) is 42.5 Å². The second-order valence-electron chi connectivity index (χ2n) is 6.20. The van der Waals surface area contributed by atoms with Gasteiger partial charge in [-0.1, -0.05) is 0 Å². The Morgan fingerprint density at radius 2 is 1.86 bits per heavy atom. The van der Waals surface area contributed by atoms with E-state index in [2.05, 4.69) is 10.6 Å². The number of carbonyl (C=O) groups is 2. The number of aliphatic hydroxyl groups excluding tert-OH is 1. The van der Waals surface area contributed by atoms with E-state index in [0.29, 0.717) is 5.69 Å². The smallest absolute Gasteiger partial charge is 0.341 e. The molecular weight excluding hydrogens is 380 g/mol. The number of nitrogens with one attached hydrogen (secondary N) is 2. The minimum Gasteiger partial charge on any atom is -0.452 e. The third-order valence-electron chi connectivity index (χ3n) is 3.86. The number of anilines is 3. The molecule has 0 saturated carbocycles. The summed E-state index contributed by atoms with van der Waals surface area (Å²) >= 11 is 0. The average Bonchev–Trinajstić information content (AvgIpc) is 2.70. The number of nitro groups is 1. The highest BCUT2D eigenvalue weighted by Gasteiger charge is 2.19. The molecule has 2 rings (SSSR count). The Balaban J connectivity index is 2.02. The Kier molecular flexibility index (Phi) is 7.49. The van der Waals surface area contributed by atoms with Crippen molar-refractivity contribution in [3.8, 4) is 0 Å². The second-order valence-corrected chi connectivity index (χ2v) is 6.20. The molecule has 0 aliphatic rings. The predicted octanol–water partition coefficient (Wildman–Crippen LogP) is 1.86. The van der Waals surface area contributed by atoms with Gasteiger partial charge in [0.25, 0.3) is 11.6 Å². The number of nitrogens with zero attached hydrogens (tertiary/aromatic N) is 2. The first-order chi connectivity index (χ1) is 13.8. The quantitative estimate of drug-likeness (QED) is 0.329. The van der Waals surface area contributed by atoms with Crippen LogP contribution < -0.4 is 15.5 Å². The van der Waals surface area contributed by atoms with E-state index in [-0.39, 0.29) is 30.1 Å². The van der Waals surface area contributed by atoms with Gasteiger partial charge in [-0.2, -0.15) is 0 Å². The van der Waals surface area contributed by atoms with Gasteiger partial charge in [0.05, 0.1) is 17.1 Å². The van der Waals surface area contributed by atoms with Gasteiger partial charge < -0.3 is 25.4 Å². The Bertz CT molecular complexity index is 883. The van der Waals surface area contributed by atoms with Crippen molar-refractivity contribution in [2.24, 2.45) is 0 Å². The molecule has 29 heavy (non-hydrogen) atoms. The summed E-state index contributed by atoms with van der Waals surface area (Å²) in [6.45, 7) is -0.613. The van der Waals surface area contributed by atoms with Crippen LogP contribution >= 0.6 is 0 Å². The molecule has 0 unspecified atom stereocenters. The molecule has 0 radical (unpaired) electrons. The van der Waals surface area contributed by atoms with Crippen LogP contribution in [0.2, 0.25) is 0 Å². The number of hydrogen-bond donors (Lipinski definition) is 3. The van der Waals surface area contributed by atoms with Crippen LogP contribution in [0, 0.1) is 10.1 Å². The molecule has 0 fully saturated rings. The van der Waals surface area contributed by atoms with Gasteiger partial charge in [-0.05, 0) is 30.3 Å². The first kappa shape index (κ1) is 21.6. The number of carbonyl (C=O) groups excluding carboxylic acids is 2. The largest absolute Gasteiger partial charge is 0.452 e. The van der Waals surface area contributed by atoms with E-state index in [9.17, 15) is 19.7 Å². The number of hydrogen-bond acceptors (Lipinski definition) is 8. The summed E-state index contributed by atoms with van der Waals surface area (Å²) in [6.07, 6.45) is 0. The maximum Gasteiger partial charge on any atom is 0.341 e. The normalized spacial score (nSPS) is 10.2. The third kappa shape index (κ3) is 6.18. The topological polar surface area (TPSA) is 134 Å². The zero-order valence-corrected chi connectivity index (χ0v) is 16.0. The number of benzene rings is 2. The predicted molar refractivity (Wildman–Crippen MR) is 108 cm³/mol. The summed E-state index contributed by atoms with van der Waals surface area (Å²) in [7, 11) is 3.79. The highest BCUT2D eigenvalue weighted by Crippen LogP contribution is 2.23. The van der Waals surface area contributed by atoms with Gasteiger partial charge in [0.15, 0.2) is 6.61 Å². The molecule has 154 valence electrons. The molecule has 1 amide bonds. The van der Waals surface area contributed by atoms with E-state index in [1.165, 1.54) is 12.1 Å². The number of rotatable bonds is 9. The number of nitro benzene ring substituents is 1. The molecule has 0 aliphatic carbocycles. The lowest BCUT2D eigenvalue weighted by Crippen LogP contribution is -2.21. The summed E-state index contributed by atoms with van der Waals surface area (Å²) in [4.78, 5) is 36.6. The van der Waals surface area contributed by atoms with Crippen molar-refractivity contribution >= 4 is 34.6 Å². The Labute approximate surface area is 167 Å². The van der Waals surface area contributed by atoms with E-state index < -0.39 is 23.4 Å². The fourth-order valence-corrected chi connectivity index (χ4v) is 2.41. The van der Waals surface area contributed by atoms with Gasteiger partial charge >= 0.3 is 5.97 Å². The van der Waals surface area contributed by atoms with Crippen LogP contribution in [0.25, 0.3) is 0 Å². The Hall–Kier alpha value is -3.66. The lowest BCUT2D eigenvalue weighted by atomic mass is 10.1. The average molecular weight is 402 g/mol. The van der Waals surface area contributed by atoms with Crippen molar-refractivity contribution in [2.45, 2.75) is 0 Å². The minimum atomic E-state index is -0.896. The van der Waals surface area contributed by atoms with E-state index in [1.807, 2.05) is 31.1 Å². The van der Waals surface area contributed by atoms with E-state index >= 15 is 0 Å². The Morgan fingerprint density at radius 3 is 2.45 bits per heavy atom. The fourth-order valence-electron chi connectivity index (χ4n) is 2.41. The Morgan fingerprint density at radius 1 is 1.17 bits per heavy atom. The van der Waals surface area contributed by atoms with E-state index in [0.717, 1.165) is 11.8 Å². The summed E-state index contributed by atoms with van der Waals surface area (Å²) in [6, 6.07) is 10.7. The highest BCUT2D eigenvalue weighted by atomic mass is 16.6. The van der Waals surface area contributed by atoms with Gasteiger partial charge in [-0.3, -0.25) is 14.9 Å². The zero-order valence-electron chi connectivity index (χ0n) is 16.0. The number of esters is 1. The number of non-ortho nitro benzene ring substituents is 1. The standard InChI is InChI=1S/C19H22N4O6/c1-22(2)14-5-3-13(4-6-14)21-18(25)12-29-19(26)16-11-15(23(27)28)7-8-17(16)20-9-10-24/h3-8,11,20,24H,9-10,12H2,1-2H3,(H,21,25). The lowest BCUT2D eigenvalue weighted by Gasteiger charge is -2.13. The molecule has 0 aliphatic heterocycles. The fraction of sp³-hybridized carbons (Fsp3) is 0.263. The number of amides is 1. The molecule has 0 bridgehead atoms. The van der Waals surface area contributed by atoms with Crippen LogP contribution in [0.3, 0.4) is 0 Å². The minimum absolute atomic E-state index is 0.101. The molecule has 10 nitrogen and oxygen atoms in total. The van der Waals surface area contributed by atoms with Crippen molar-refractivity contribution in [1.29, 1.82) is 0 Å². The van der Waals surface area contributed by atoms with Crippen LogP contribution in [-0.4, -0.2) is 55.8 Å². The molecule has 0 saturated heterocycles. The second kappa shape index (κ2) is 10.0. The van der Waals surface area contributed by atoms with Gasteiger partial charge in [-0.15, -0.1) is 0 Å². The van der Waals surface area contributed by atoms with Gasteiger partial charge in [-0.25, -0.2) is 4.79 Å². The molecule has 2 aromatic carbocycles. The number of aliphatic hydroxyl groups is 1. The lowest BCUT2D eigenvalue weighted by molar-refractivity contribution is -0.384. The first-order valence-electron chi connectivity index (χ1n) is 8.69. The van der Waals surface area contributed by atoms with Crippen molar-refractivity contribution in [2.75, 3.05) is 49.4 Å². The monoisotopic (exact) mass is 402 g/mol. The third-order valence-corrected chi connectivity index (χ3v) is 3.86. The van der Waals surface area contributed by atoms with Gasteiger partial charge in [0.1, 0.15) is 0 Å². The molecule has 0 atom stereocenters. The van der Waals surface area contributed by atoms with E-state index in [4.69, 9.17) is 9.84 Å². The van der Waals surface area contributed by atoms with Crippen molar-refractivity contribution < 1.29 is 24.4 Å². The summed E-state index contributed by atoms with van der Waals surface area (Å²) in [5, 5.41) is 25.3. The van der Waals surface area contributed by atoms with Crippen LogP contribution in [0.1, 0.15) is 10.4 Å². The summed E-state index contributed by atoms with van der Waals surface area (Å²) in [5.41, 5.74) is 1.36. The maximum absolute atomic E-state index is 12.3. The van der Waals surface area contributed by atoms with Crippen LogP contribution in [-0.2, 0) is 9.53 Å². The highest BCUT2D eigenvalue weighted by molar-refractivity contribution is 5.99. The SMILES string of the molecule is CN(C)c1ccc(NC(=O)COC(=O)c2cc([N+](=O)[O-])ccc2NCCO)cc1. The van der Waals surface area contributed by atoms with Crippen LogP contribution in [0.4, 0.5) is 22.7 Å². The zero-order chi connectivity index (χ0) is 21.4. The summed E-state index contributed by atoms with van der Waals surface area (Å²) in [5.74, 6) is -1.45. The molecule has 2 aromatic rings. The van der Waals surface area contributed by atoms with E-state index in [1.54, 1.807) is 12.1 Å². The summed E-state index contributed by atoms with van der Waals surface area (Å²) < 4.78 is 5.00. The first-order valence-corrected chi connectivity index (χ1v) is 8.69. The van der Waals surface area contributed by atoms with Gasteiger partial charge in [0.2, 0.25) is 0 Å². The molecule has 3 N–H and O–H groups in total. The molecule has 0 aromatic heterocycles.